The average molecular weight is 489 g/mol. The molecule has 0 bridgehead atoms. The molecular formula is C23H19ClF2N4O2S. The van der Waals surface area contributed by atoms with Gasteiger partial charge in [0.1, 0.15) is 10.9 Å². The fourth-order valence-electron chi connectivity index (χ4n) is 3.34. The molecule has 1 N–H and O–H groups in total. The fourth-order valence-corrected chi connectivity index (χ4v) is 4.49. The monoisotopic (exact) mass is 488 g/mol. The van der Waals surface area contributed by atoms with Gasteiger partial charge in [0, 0.05) is 10.4 Å². The predicted molar refractivity (Wildman–Crippen MR) is 124 cm³/mol. The molecule has 2 heterocycles. The van der Waals surface area contributed by atoms with Crippen LogP contribution in [0.2, 0.25) is 5.15 Å². The van der Waals surface area contributed by atoms with Gasteiger partial charge in [-0.3, -0.25) is 10.1 Å². The van der Waals surface area contributed by atoms with Crippen LogP contribution in [-0.2, 0) is 6.54 Å². The normalized spacial score (nSPS) is 11.1. The summed E-state index contributed by atoms with van der Waals surface area (Å²) >= 11 is 7.78. The number of nitrogens with one attached hydrogen (secondary N) is 1. The largest absolute Gasteiger partial charge is 0.435 e. The van der Waals surface area contributed by atoms with Crippen molar-refractivity contribution in [2.45, 2.75) is 27.0 Å². The number of amides is 1. The van der Waals surface area contributed by atoms with Gasteiger partial charge in [-0.1, -0.05) is 41.9 Å². The second-order valence-corrected chi connectivity index (χ2v) is 8.74. The first-order chi connectivity index (χ1) is 15.8. The summed E-state index contributed by atoms with van der Waals surface area (Å²) in [5.74, 6) is -0.342. The third-order valence-corrected chi connectivity index (χ3v) is 6.11. The maximum atomic E-state index is 13.0. The second-order valence-electron chi connectivity index (χ2n) is 7.18. The molecule has 0 atom stereocenters. The Balaban J connectivity index is 1.52. The van der Waals surface area contributed by atoms with Crippen molar-refractivity contribution in [3.8, 4) is 17.0 Å². The molecule has 0 aliphatic rings. The molecule has 6 nitrogen and oxygen atoms in total. The zero-order chi connectivity index (χ0) is 23.5. The number of aryl methyl sites for hydroxylation is 2. The second kappa shape index (κ2) is 9.68. The minimum absolute atomic E-state index is 0.0628. The van der Waals surface area contributed by atoms with Crippen LogP contribution >= 0.6 is 22.9 Å². The first-order valence-corrected chi connectivity index (χ1v) is 11.1. The van der Waals surface area contributed by atoms with E-state index >= 15 is 0 Å². The lowest BCUT2D eigenvalue weighted by molar-refractivity contribution is -0.0498. The zero-order valence-corrected chi connectivity index (χ0v) is 19.3. The number of carbonyl (C=O) groups excluding carboxylic acids is 1. The molecule has 1 amide bonds. The third-order valence-electron chi connectivity index (χ3n) is 4.84. The summed E-state index contributed by atoms with van der Waals surface area (Å²) in [5.41, 5.74) is 3.17. The topological polar surface area (TPSA) is 69.0 Å². The smallest absolute Gasteiger partial charge is 0.387 e. The van der Waals surface area contributed by atoms with Gasteiger partial charge in [-0.05, 0) is 43.7 Å². The maximum Gasteiger partial charge on any atom is 0.387 e. The van der Waals surface area contributed by atoms with Crippen molar-refractivity contribution in [1.29, 1.82) is 0 Å². The van der Waals surface area contributed by atoms with Gasteiger partial charge >= 0.3 is 6.61 Å². The van der Waals surface area contributed by atoms with E-state index in [1.165, 1.54) is 23.5 Å². The third kappa shape index (κ3) is 5.20. The van der Waals surface area contributed by atoms with E-state index in [1.807, 2.05) is 37.3 Å². The fraction of sp³-hybridized carbons (Fsp3) is 0.174. The predicted octanol–water partition coefficient (Wildman–Crippen LogP) is 6.18. The highest BCUT2D eigenvalue weighted by molar-refractivity contribution is 7.16. The van der Waals surface area contributed by atoms with Crippen LogP contribution in [0.25, 0.3) is 11.3 Å². The van der Waals surface area contributed by atoms with Crippen LogP contribution < -0.4 is 10.1 Å². The number of thiazole rings is 1. The molecule has 0 saturated carbocycles. The van der Waals surface area contributed by atoms with Crippen LogP contribution in [0.5, 0.6) is 5.75 Å². The number of anilines is 1. The van der Waals surface area contributed by atoms with E-state index < -0.39 is 12.5 Å². The Morgan fingerprint density at radius 1 is 1.15 bits per heavy atom. The molecule has 33 heavy (non-hydrogen) atoms. The maximum absolute atomic E-state index is 13.0. The number of halogens is 3. The first kappa shape index (κ1) is 22.9. The number of aromatic nitrogens is 3. The van der Waals surface area contributed by atoms with Gasteiger partial charge in [-0.15, -0.1) is 11.3 Å². The van der Waals surface area contributed by atoms with E-state index in [-0.39, 0.29) is 16.5 Å². The summed E-state index contributed by atoms with van der Waals surface area (Å²) in [6.45, 7) is 1.15. The SMILES string of the molecule is Cc1nn(Cc2ccccc2)c(Cl)c1C(=O)Nc1nc(-c2ccc(OC(F)F)cc2)c(C)s1. The van der Waals surface area contributed by atoms with Crippen molar-refractivity contribution >= 4 is 34.0 Å². The van der Waals surface area contributed by atoms with Gasteiger partial charge in [-0.2, -0.15) is 13.9 Å². The number of hydrogen-bond donors (Lipinski definition) is 1. The highest BCUT2D eigenvalue weighted by Crippen LogP contribution is 2.32. The molecule has 4 aromatic rings. The number of carbonyl (C=O) groups is 1. The molecule has 0 radical (unpaired) electrons. The van der Waals surface area contributed by atoms with E-state index in [0.717, 1.165) is 16.0 Å². The Hall–Kier alpha value is -3.30. The number of alkyl halides is 2. The Bertz CT molecular complexity index is 1270. The van der Waals surface area contributed by atoms with E-state index in [2.05, 4.69) is 20.1 Å². The highest BCUT2D eigenvalue weighted by atomic mass is 35.5. The Morgan fingerprint density at radius 3 is 2.52 bits per heavy atom. The summed E-state index contributed by atoms with van der Waals surface area (Å²) in [4.78, 5) is 18.3. The molecule has 0 spiro atoms. The van der Waals surface area contributed by atoms with E-state index in [4.69, 9.17) is 11.6 Å². The minimum atomic E-state index is -2.88. The zero-order valence-electron chi connectivity index (χ0n) is 17.7. The quantitative estimate of drug-likeness (QED) is 0.337. The Morgan fingerprint density at radius 2 is 1.85 bits per heavy atom. The van der Waals surface area contributed by atoms with Crippen molar-refractivity contribution in [1.82, 2.24) is 14.8 Å². The first-order valence-electron chi connectivity index (χ1n) is 9.92. The lowest BCUT2D eigenvalue weighted by Gasteiger charge is -2.05. The van der Waals surface area contributed by atoms with Gasteiger partial charge in [-0.25, -0.2) is 9.67 Å². The van der Waals surface area contributed by atoms with E-state index in [1.54, 1.807) is 23.7 Å². The van der Waals surface area contributed by atoms with Crippen LogP contribution in [0.1, 0.15) is 26.5 Å². The van der Waals surface area contributed by atoms with Gasteiger partial charge in [0.05, 0.1) is 23.5 Å². The summed E-state index contributed by atoms with van der Waals surface area (Å²) in [7, 11) is 0. The minimum Gasteiger partial charge on any atom is -0.435 e. The molecule has 0 fully saturated rings. The lowest BCUT2D eigenvalue weighted by Crippen LogP contribution is -2.13. The van der Waals surface area contributed by atoms with Crippen molar-refractivity contribution < 1.29 is 18.3 Å². The molecule has 10 heteroatoms. The number of rotatable bonds is 7. The van der Waals surface area contributed by atoms with Crippen molar-refractivity contribution in [2.75, 3.05) is 5.32 Å². The van der Waals surface area contributed by atoms with E-state index in [0.29, 0.717) is 23.1 Å². The highest BCUT2D eigenvalue weighted by Gasteiger charge is 2.22. The van der Waals surface area contributed by atoms with Gasteiger partial charge in [0.25, 0.3) is 5.91 Å². The molecule has 0 unspecified atom stereocenters. The number of benzene rings is 2. The Kier molecular flexibility index (Phi) is 6.71. The van der Waals surface area contributed by atoms with Gasteiger partial charge < -0.3 is 4.74 Å². The van der Waals surface area contributed by atoms with Crippen LogP contribution in [0.4, 0.5) is 13.9 Å². The van der Waals surface area contributed by atoms with Gasteiger partial charge in [0.2, 0.25) is 0 Å². The summed E-state index contributed by atoms with van der Waals surface area (Å²) in [5, 5.41) is 7.84. The van der Waals surface area contributed by atoms with E-state index in [9.17, 15) is 13.6 Å². The number of hydrogen-bond acceptors (Lipinski definition) is 5. The van der Waals surface area contributed by atoms with Crippen LogP contribution in [0, 0.1) is 13.8 Å². The van der Waals surface area contributed by atoms with Gasteiger partial charge in [0.15, 0.2) is 5.13 Å². The summed E-state index contributed by atoms with van der Waals surface area (Å²) < 4.78 is 30.7. The molecular weight excluding hydrogens is 470 g/mol. The molecule has 2 aromatic heterocycles. The molecule has 2 aromatic carbocycles. The van der Waals surface area contributed by atoms with Crippen LogP contribution in [0.15, 0.2) is 54.6 Å². The summed E-state index contributed by atoms with van der Waals surface area (Å²) in [6, 6.07) is 15.9. The van der Waals surface area contributed by atoms with Crippen molar-refractivity contribution in [2.24, 2.45) is 0 Å². The molecule has 4 rings (SSSR count). The van der Waals surface area contributed by atoms with Crippen molar-refractivity contribution in [3.05, 3.63) is 81.4 Å². The average Bonchev–Trinajstić information content (AvgIpc) is 3.27. The van der Waals surface area contributed by atoms with Crippen LogP contribution in [-0.4, -0.2) is 27.3 Å². The summed E-state index contributed by atoms with van der Waals surface area (Å²) in [6.07, 6.45) is 0. The molecule has 0 saturated heterocycles. The Labute approximate surface area is 197 Å². The lowest BCUT2D eigenvalue weighted by atomic mass is 10.1. The van der Waals surface area contributed by atoms with Crippen LogP contribution in [0.3, 0.4) is 0 Å². The standard InChI is InChI=1S/C23H19ClF2N4O2S/c1-13-18(20(24)30(29-13)12-15-6-4-3-5-7-15)21(31)28-23-27-19(14(2)33-23)16-8-10-17(11-9-16)32-22(25)26/h3-11,22H,12H2,1-2H3,(H,27,28,31). The van der Waals surface area contributed by atoms with Crippen molar-refractivity contribution in [3.63, 3.8) is 0 Å². The number of ether oxygens (including phenoxy) is 1. The number of nitrogens with zero attached hydrogens (tertiary/aromatic N) is 3. The molecule has 0 aliphatic heterocycles. The molecule has 0 aliphatic carbocycles. The molecule has 170 valence electrons.